The van der Waals surface area contributed by atoms with Crippen molar-refractivity contribution in [3.8, 4) is 5.75 Å². The van der Waals surface area contributed by atoms with Crippen molar-refractivity contribution >= 4 is 38.9 Å². The van der Waals surface area contributed by atoms with Crippen molar-refractivity contribution in [2.45, 2.75) is 24.8 Å². The van der Waals surface area contributed by atoms with Gasteiger partial charge in [0.2, 0.25) is 0 Å². The number of carbonyl (C=O) groups excluding carboxylic acids is 1. The molecule has 0 saturated heterocycles. The van der Waals surface area contributed by atoms with E-state index in [0.29, 0.717) is 22.1 Å². The van der Waals surface area contributed by atoms with E-state index in [9.17, 15) is 13.2 Å². The van der Waals surface area contributed by atoms with Gasteiger partial charge >= 0.3 is 0 Å². The van der Waals surface area contributed by atoms with Crippen molar-refractivity contribution in [3.05, 3.63) is 83.4 Å². The molecule has 1 unspecified atom stereocenters. The Kier molecular flexibility index (Phi) is 6.64. The lowest BCUT2D eigenvalue weighted by Gasteiger charge is -2.16. The lowest BCUT2D eigenvalue weighted by molar-refractivity contribution is -0.122. The van der Waals surface area contributed by atoms with Gasteiger partial charge in [-0.15, -0.1) is 0 Å². The largest absolute Gasteiger partial charge is 0.481 e. The summed E-state index contributed by atoms with van der Waals surface area (Å²) in [7, 11) is -3.78. The van der Waals surface area contributed by atoms with Gasteiger partial charge in [-0.1, -0.05) is 35.9 Å². The molecule has 1 atom stereocenters. The first-order chi connectivity index (χ1) is 14.2. The summed E-state index contributed by atoms with van der Waals surface area (Å²) in [4.78, 5) is 12.5. The highest BCUT2D eigenvalue weighted by Crippen LogP contribution is 2.21. The van der Waals surface area contributed by atoms with Crippen LogP contribution in [0.2, 0.25) is 5.02 Å². The van der Waals surface area contributed by atoms with Crippen molar-refractivity contribution in [1.82, 2.24) is 0 Å². The van der Waals surface area contributed by atoms with E-state index in [2.05, 4.69) is 10.0 Å². The number of benzene rings is 3. The van der Waals surface area contributed by atoms with Crippen LogP contribution in [0.3, 0.4) is 0 Å². The van der Waals surface area contributed by atoms with E-state index in [1.165, 1.54) is 30.3 Å². The lowest BCUT2D eigenvalue weighted by atomic mass is 10.2. The van der Waals surface area contributed by atoms with Crippen LogP contribution in [0.15, 0.2) is 77.7 Å². The van der Waals surface area contributed by atoms with Gasteiger partial charge < -0.3 is 10.1 Å². The average molecular weight is 445 g/mol. The summed E-state index contributed by atoms with van der Waals surface area (Å²) in [5, 5.41) is 3.15. The third-order valence-electron chi connectivity index (χ3n) is 4.28. The molecule has 8 heteroatoms. The van der Waals surface area contributed by atoms with E-state index in [0.717, 1.165) is 5.56 Å². The number of sulfonamides is 1. The summed E-state index contributed by atoms with van der Waals surface area (Å²) >= 11 is 5.89. The quantitative estimate of drug-likeness (QED) is 0.545. The Hall–Kier alpha value is -3.03. The number of amides is 1. The predicted molar refractivity (Wildman–Crippen MR) is 119 cm³/mol. The number of rotatable bonds is 7. The molecule has 3 rings (SSSR count). The van der Waals surface area contributed by atoms with Crippen LogP contribution in [0, 0.1) is 6.92 Å². The maximum absolute atomic E-state index is 12.5. The van der Waals surface area contributed by atoms with Gasteiger partial charge in [0.1, 0.15) is 5.75 Å². The second-order valence-electron chi connectivity index (χ2n) is 6.66. The van der Waals surface area contributed by atoms with Crippen LogP contribution in [0.4, 0.5) is 11.4 Å². The molecule has 3 aromatic carbocycles. The Balaban J connectivity index is 1.65. The fourth-order valence-corrected chi connectivity index (χ4v) is 3.90. The van der Waals surface area contributed by atoms with Gasteiger partial charge in [-0.05, 0) is 67.9 Å². The Bertz CT molecular complexity index is 1150. The number of anilines is 2. The summed E-state index contributed by atoms with van der Waals surface area (Å²) in [6.45, 7) is 3.55. The van der Waals surface area contributed by atoms with Crippen LogP contribution >= 0.6 is 11.6 Å². The third kappa shape index (κ3) is 5.52. The number of para-hydroxylation sites is 1. The van der Waals surface area contributed by atoms with Crippen LogP contribution in [0.5, 0.6) is 5.75 Å². The van der Waals surface area contributed by atoms with Gasteiger partial charge in [0.05, 0.1) is 10.6 Å². The lowest BCUT2D eigenvalue weighted by Crippen LogP contribution is -2.30. The number of aryl methyl sites for hydroxylation is 1. The fourth-order valence-electron chi connectivity index (χ4n) is 2.66. The molecular weight excluding hydrogens is 424 g/mol. The molecule has 0 spiro atoms. The highest BCUT2D eigenvalue weighted by Gasteiger charge is 2.17. The van der Waals surface area contributed by atoms with Crippen LogP contribution in [-0.4, -0.2) is 20.4 Å². The SMILES string of the molecule is Cc1ccccc1OC(C)C(=O)Nc1ccc(S(=O)(=O)Nc2cccc(Cl)c2)cc1. The predicted octanol–water partition coefficient (Wildman–Crippen LogP) is 4.86. The molecule has 0 saturated carbocycles. The molecule has 0 radical (unpaired) electrons. The van der Waals surface area contributed by atoms with E-state index >= 15 is 0 Å². The number of halogens is 1. The van der Waals surface area contributed by atoms with Gasteiger partial charge in [0.25, 0.3) is 15.9 Å². The molecule has 3 aromatic rings. The van der Waals surface area contributed by atoms with Crippen LogP contribution in [0.25, 0.3) is 0 Å². The molecule has 0 aliphatic carbocycles. The summed E-state index contributed by atoms with van der Waals surface area (Å²) < 4.78 is 33.2. The Morgan fingerprint density at radius 3 is 2.33 bits per heavy atom. The van der Waals surface area contributed by atoms with Gasteiger partial charge in [-0.3, -0.25) is 9.52 Å². The molecule has 0 aliphatic rings. The summed E-state index contributed by atoms with van der Waals surface area (Å²) in [6.07, 6.45) is -0.723. The number of nitrogens with one attached hydrogen (secondary N) is 2. The summed E-state index contributed by atoms with van der Waals surface area (Å²) in [6, 6.07) is 19.7. The zero-order valence-corrected chi connectivity index (χ0v) is 18.0. The van der Waals surface area contributed by atoms with E-state index in [-0.39, 0.29) is 10.8 Å². The molecule has 0 aromatic heterocycles. The average Bonchev–Trinajstić information content (AvgIpc) is 2.70. The fraction of sp³-hybridized carbons (Fsp3) is 0.136. The third-order valence-corrected chi connectivity index (χ3v) is 5.91. The number of hydrogen-bond donors (Lipinski definition) is 2. The first-order valence-corrected chi connectivity index (χ1v) is 11.0. The van der Waals surface area contributed by atoms with Crippen molar-refractivity contribution < 1.29 is 17.9 Å². The van der Waals surface area contributed by atoms with Crippen molar-refractivity contribution in [3.63, 3.8) is 0 Å². The summed E-state index contributed by atoms with van der Waals surface area (Å²) in [5.41, 5.74) is 1.75. The van der Waals surface area contributed by atoms with Crippen LogP contribution in [-0.2, 0) is 14.8 Å². The minimum atomic E-state index is -3.78. The van der Waals surface area contributed by atoms with Gasteiger partial charge in [0.15, 0.2) is 6.10 Å². The van der Waals surface area contributed by atoms with E-state index in [1.807, 2.05) is 25.1 Å². The molecular formula is C22H21ClN2O4S. The topological polar surface area (TPSA) is 84.5 Å². The standard InChI is InChI=1S/C22H21ClN2O4S/c1-15-6-3-4-9-21(15)29-16(2)22(26)24-18-10-12-20(13-11-18)30(27,28)25-19-8-5-7-17(23)14-19/h3-14,16,25H,1-2H3,(H,24,26). The molecule has 0 heterocycles. The van der Waals surface area contributed by atoms with E-state index < -0.39 is 16.1 Å². The molecule has 0 bridgehead atoms. The van der Waals surface area contributed by atoms with Gasteiger partial charge in [-0.25, -0.2) is 8.42 Å². The maximum Gasteiger partial charge on any atom is 0.265 e. The second kappa shape index (κ2) is 9.19. The van der Waals surface area contributed by atoms with E-state index in [1.54, 1.807) is 31.2 Å². The monoisotopic (exact) mass is 444 g/mol. The van der Waals surface area contributed by atoms with Crippen LogP contribution in [0.1, 0.15) is 12.5 Å². The number of carbonyl (C=O) groups is 1. The first-order valence-electron chi connectivity index (χ1n) is 9.16. The zero-order valence-electron chi connectivity index (χ0n) is 16.4. The number of hydrogen-bond acceptors (Lipinski definition) is 4. The van der Waals surface area contributed by atoms with Gasteiger partial charge in [-0.2, -0.15) is 0 Å². The smallest absolute Gasteiger partial charge is 0.265 e. The zero-order chi connectivity index (χ0) is 21.7. The van der Waals surface area contributed by atoms with Crippen LogP contribution < -0.4 is 14.8 Å². The second-order valence-corrected chi connectivity index (χ2v) is 8.77. The Morgan fingerprint density at radius 1 is 0.967 bits per heavy atom. The van der Waals surface area contributed by atoms with Crippen molar-refractivity contribution in [1.29, 1.82) is 0 Å². The van der Waals surface area contributed by atoms with E-state index in [4.69, 9.17) is 16.3 Å². The number of ether oxygens (including phenoxy) is 1. The molecule has 0 aliphatic heterocycles. The molecule has 156 valence electrons. The molecule has 0 fully saturated rings. The minimum absolute atomic E-state index is 0.0599. The summed E-state index contributed by atoms with van der Waals surface area (Å²) in [5.74, 6) is 0.291. The Morgan fingerprint density at radius 2 is 1.67 bits per heavy atom. The molecule has 30 heavy (non-hydrogen) atoms. The van der Waals surface area contributed by atoms with Crippen molar-refractivity contribution in [2.75, 3.05) is 10.0 Å². The Labute approximate surface area is 180 Å². The first kappa shape index (κ1) is 21.7. The highest BCUT2D eigenvalue weighted by atomic mass is 35.5. The minimum Gasteiger partial charge on any atom is -0.481 e. The highest BCUT2D eigenvalue weighted by molar-refractivity contribution is 7.92. The molecule has 2 N–H and O–H groups in total. The molecule has 1 amide bonds. The van der Waals surface area contributed by atoms with Gasteiger partial charge in [0, 0.05) is 10.7 Å². The van der Waals surface area contributed by atoms with Crippen molar-refractivity contribution in [2.24, 2.45) is 0 Å². The molecule has 6 nitrogen and oxygen atoms in total. The normalized spacial score (nSPS) is 12.1. The maximum atomic E-state index is 12.5.